The third kappa shape index (κ3) is 3.67. The molecule has 2 heterocycles. The predicted octanol–water partition coefficient (Wildman–Crippen LogP) is 2.67. The molecule has 0 amide bonds. The third-order valence-electron chi connectivity index (χ3n) is 4.80. The van der Waals surface area contributed by atoms with Crippen LogP contribution in [-0.2, 0) is 19.5 Å². The molecular weight excluding hydrogens is 260 g/mol. The number of nitrogens with one attached hydrogen (secondary N) is 1. The Bertz CT molecular complexity index is 461. The monoisotopic (exact) mass is 292 g/mol. The van der Waals surface area contributed by atoms with E-state index in [1.807, 2.05) is 0 Å². The lowest BCUT2D eigenvalue weighted by molar-refractivity contribution is 0.0452. The molecule has 0 spiro atoms. The molecule has 2 rings (SSSR count). The first-order chi connectivity index (χ1) is 9.87. The number of piperazine rings is 1. The van der Waals surface area contributed by atoms with Gasteiger partial charge in [0.1, 0.15) is 0 Å². The topological polar surface area (TPSA) is 33.1 Å². The maximum Gasteiger partial charge on any atom is 0.0625 e. The number of aryl methyl sites for hydroxylation is 2. The molecule has 0 bridgehead atoms. The van der Waals surface area contributed by atoms with Gasteiger partial charge in [0, 0.05) is 37.8 Å². The summed E-state index contributed by atoms with van der Waals surface area (Å²) >= 11 is 0. The number of nitrogens with zero attached hydrogens (tertiary/aromatic N) is 3. The van der Waals surface area contributed by atoms with Gasteiger partial charge in [-0.1, -0.05) is 20.8 Å². The van der Waals surface area contributed by atoms with Crippen LogP contribution in [0.1, 0.15) is 52.9 Å². The molecule has 0 aromatic carbocycles. The second kappa shape index (κ2) is 6.49. The van der Waals surface area contributed by atoms with E-state index in [0.29, 0.717) is 12.0 Å². The fourth-order valence-electron chi connectivity index (χ4n) is 3.05. The first-order valence-corrected chi connectivity index (χ1v) is 8.41. The summed E-state index contributed by atoms with van der Waals surface area (Å²) in [5.74, 6) is 0.672. The van der Waals surface area contributed by atoms with Crippen molar-refractivity contribution in [2.45, 2.75) is 72.6 Å². The van der Waals surface area contributed by atoms with Crippen LogP contribution >= 0.6 is 0 Å². The maximum atomic E-state index is 4.69. The number of hydrogen-bond acceptors (Lipinski definition) is 3. The van der Waals surface area contributed by atoms with Crippen LogP contribution in [0.3, 0.4) is 0 Å². The molecule has 1 aromatic rings. The van der Waals surface area contributed by atoms with E-state index in [4.69, 9.17) is 0 Å². The zero-order valence-electron chi connectivity index (χ0n) is 14.6. The Labute approximate surface area is 129 Å². The van der Waals surface area contributed by atoms with Crippen molar-refractivity contribution in [3.05, 3.63) is 17.5 Å². The van der Waals surface area contributed by atoms with Gasteiger partial charge in [-0.05, 0) is 39.2 Å². The molecule has 1 saturated heterocycles. The fourth-order valence-corrected chi connectivity index (χ4v) is 3.05. The lowest BCUT2D eigenvalue weighted by atomic mass is 9.92. The Morgan fingerprint density at radius 1 is 1.38 bits per heavy atom. The zero-order valence-corrected chi connectivity index (χ0v) is 14.6. The van der Waals surface area contributed by atoms with Crippen LogP contribution in [0.5, 0.6) is 0 Å². The van der Waals surface area contributed by atoms with Crippen LogP contribution in [0.15, 0.2) is 6.07 Å². The highest BCUT2D eigenvalue weighted by Crippen LogP contribution is 2.24. The Morgan fingerprint density at radius 2 is 2.10 bits per heavy atom. The molecule has 0 aliphatic carbocycles. The highest BCUT2D eigenvalue weighted by Gasteiger charge is 2.35. The van der Waals surface area contributed by atoms with Crippen LogP contribution in [0, 0.1) is 5.92 Å². The van der Waals surface area contributed by atoms with Crippen molar-refractivity contribution in [1.82, 2.24) is 20.0 Å². The van der Waals surface area contributed by atoms with Crippen LogP contribution in [0.4, 0.5) is 0 Å². The second-order valence-electron chi connectivity index (χ2n) is 7.22. The molecule has 1 fully saturated rings. The van der Waals surface area contributed by atoms with E-state index < -0.39 is 0 Å². The summed E-state index contributed by atoms with van der Waals surface area (Å²) in [4.78, 5) is 2.62. The maximum absolute atomic E-state index is 4.69. The average molecular weight is 292 g/mol. The fraction of sp³-hybridized carbons (Fsp3) is 0.824. The lowest BCUT2D eigenvalue weighted by Gasteiger charge is -2.47. The molecule has 1 aromatic heterocycles. The van der Waals surface area contributed by atoms with E-state index >= 15 is 0 Å². The molecule has 0 radical (unpaired) electrons. The molecule has 1 atom stereocenters. The molecule has 21 heavy (non-hydrogen) atoms. The van der Waals surface area contributed by atoms with Gasteiger partial charge in [0.25, 0.3) is 0 Å². The minimum Gasteiger partial charge on any atom is -0.311 e. The van der Waals surface area contributed by atoms with Gasteiger partial charge in [-0.15, -0.1) is 0 Å². The number of rotatable bonds is 5. The molecule has 120 valence electrons. The van der Waals surface area contributed by atoms with Gasteiger partial charge in [-0.25, -0.2) is 0 Å². The summed E-state index contributed by atoms with van der Waals surface area (Å²) in [6.07, 6.45) is 1.01. The van der Waals surface area contributed by atoms with E-state index in [2.05, 4.69) is 67.6 Å². The summed E-state index contributed by atoms with van der Waals surface area (Å²) in [5.41, 5.74) is 2.76. The standard InChI is InChI=1S/C17H32N4/c1-7-14-9-15(21(8-2)19-14)10-20-11-16(13(3)4)18-12-17(20,5)6/h9,13,16,18H,7-8,10-12H2,1-6H3. The summed E-state index contributed by atoms with van der Waals surface area (Å²) in [5, 5.41) is 8.39. The third-order valence-corrected chi connectivity index (χ3v) is 4.80. The Hall–Kier alpha value is -0.870. The molecule has 1 aliphatic heterocycles. The summed E-state index contributed by atoms with van der Waals surface area (Å²) < 4.78 is 2.17. The Kier molecular flexibility index (Phi) is 5.10. The lowest BCUT2D eigenvalue weighted by Crippen LogP contribution is -2.62. The van der Waals surface area contributed by atoms with E-state index in [0.717, 1.165) is 32.6 Å². The minimum atomic E-state index is 0.195. The summed E-state index contributed by atoms with van der Waals surface area (Å²) in [6, 6.07) is 2.87. The van der Waals surface area contributed by atoms with Crippen molar-refractivity contribution in [2.75, 3.05) is 13.1 Å². The first kappa shape index (κ1) is 16.5. The van der Waals surface area contributed by atoms with Gasteiger partial charge in [0.15, 0.2) is 0 Å². The largest absolute Gasteiger partial charge is 0.311 e. The van der Waals surface area contributed by atoms with Crippen LogP contribution in [0.2, 0.25) is 0 Å². The molecule has 1 unspecified atom stereocenters. The first-order valence-electron chi connectivity index (χ1n) is 8.41. The zero-order chi connectivity index (χ0) is 15.6. The van der Waals surface area contributed by atoms with Crippen molar-refractivity contribution in [2.24, 2.45) is 5.92 Å². The summed E-state index contributed by atoms with van der Waals surface area (Å²) in [7, 11) is 0. The highest BCUT2D eigenvalue weighted by molar-refractivity contribution is 5.11. The molecule has 0 saturated carbocycles. The Balaban J connectivity index is 2.17. The number of aromatic nitrogens is 2. The normalized spacial score (nSPS) is 22.9. The van der Waals surface area contributed by atoms with Gasteiger partial charge >= 0.3 is 0 Å². The average Bonchev–Trinajstić information content (AvgIpc) is 2.83. The quantitative estimate of drug-likeness (QED) is 0.906. The van der Waals surface area contributed by atoms with E-state index in [1.54, 1.807) is 0 Å². The molecule has 4 heteroatoms. The second-order valence-corrected chi connectivity index (χ2v) is 7.22. The SMILES string of the molecule is CCc1cc(CN2CC(C(C)C)NCC2(C)C)n(CC)n1. The summed E-state index contributed by atoms with van der Waals surface area (Å²) in [6.45, 7) is 17.8. The van der Waals surface area contributed by atoms with Crippen molar-refractivity contribution in [1.29, 1.82) is 0 Å². The van der Waals surface area contributed by atoms with Crippen molar-refractivity contribution in [3.8, 4) is 0 Å². The van der Waals surface area contributed by atoms with Crippen LogP contribution in [0.25, 0.3) is 0 Å². The van der Waals surface area contributed by atoms with Crippen LogP contribution < -0.4 is 5.32 Å². The predicted molar refractivity (Wildman–Crippen MR) is 88.4 cm³/mol. The molecule has 1 aliphatic rings. The van der Waals surface area contributed by atoms with Gasteiger partial charge in [-0.3, -0.25) is 9.58 Å². The van der Waals surface area contributed by atoms with Crippen molar-refractivity contribution in [3.63, 3.8) is 0 Å². The molecular formula is C17H32N4. The van der Waals surface area contributed by atoms with Gasteiger partial charge in [-0.2, -0.15) is 5.10 Å². The Morgan fingerprint density at radius 3 is 2.67 bits per heavy atom. The van der Waals surface area contributed by atoms with E-state index in [-0.39, 0.29) is 5.54 Å². The van der Waals surface area contributed by atoms with Crippen LogP contribution in [-0.4, -0.2) is 39.4 Å². The molecule has 4 nitrogen and oxygen atoms in total. The number of hydrogen-bond donors (Lipinski definition) is 1. The van der Waals surface area contributed by atoms with Gasteiger partial charge in [0.2, 0.25) is 0 Å². The van der Waals surface area contributed by atoms with E-state index in [1.165, 1.54) is 11.4 Å². The molecule has 1 N–H and O–H groups in total. The minimum absolute atomic E-state index is 0.195. The van der Waals surface area contributed by atoms with E-state index in [9.17, 15) is 0 Å². The highest BCUT2D eigenvalue weighted by atomic mass is 15.3. The van der Waals surface area contributed by atoms with Crippen molar-refractivity contribution >= 4 is 0 Å². The van der Waals surface area contributed by atoms with Crippen molar-refractivity contribution < 1.29 is 0 Å². The van der Waals surface area contributed by atoms with Gasteiger partial charge in [0.05, 0.1) is 11.4 Å². The smallest absolute Gasteiger partial charge is 0.0625 e. The van der Waals surface area contributed by atoms with Gasteiger partial charge < -0.3 is 5.32 Å².